The number of nitrogens with zero attached hydrogens (tertiary/aromatic N) is 2. The molecule has 0 aliphatic heterocycles. The molecule has 0 atom stereocenters. The number of rotatable bonds is 5. The number of carbonyl (C=O) groups is 1. The number of nitrogen functional groups attached to an aromatic ring is 1. The van der Waals surface area contributed by atoms with Gasteiger partial charge in [-0.2, -0.15) is 0 Å². The van der Waals surface area contributed by atoms with Crippen LogP contribution in [-0.2, 0) is 11.2 Å². The van der Waals surface area contributed by atoms with Gasteiger partial charge in [-0.05, 0) is 25.8 Å². The molecule has 0 bridgehead atoms. The van der Waals surface area contributed by atoms with Gasteiger partial charge in [0, 0.05) is 17.7 Å². The SMILES string of the molecule is Cc1cc(CCCC(=O)O)nc(N)c1[N+](=O)[O-].Cl. The fourth-order valence-electron chi connectivity index (χ4n) is 1.55. The van der Waals surface area contributed by atoms with Crippen molar-refractivity contribution < 1.29 is 14.8 Å². The average Bonchev–Trinajstić information content (AvgIpc) is 2.14. The van der Waals surface area contributed by atoms with Gasteiger partial charge in [0.1, 0.15) is 0 Å². The van der Waals surface area contributed by atoms with Crippen LogP contribution in [0.4, 0.5) is 11.5 Å². The first-order valence-corrected chi connectivity index (χ1v) is 5.04. The lowest BCUT2D eigenvalue weighted by atomic mass is 10.1. The van der Waals surface area contributed by atoms with Gasteiger partial charge in [-0.15, -0.1) is 12.4 Å². The van der Waals surface area contributed by atoms with E-state index in [-0.39, 0.29) is 30.3 Å². The van der Waals surface area contributed by atoms with Crippen LogP contribution < -0.4 is 5.73 Å². The van der Waals surface area contributed by atoms with Crippen molar-refractivity contribution in [3.05, 3.63) is 27.4 Å². The number of nitrogens with two attached hydrogens (primary N) is 1. The number of hydrogen-bond acceptors (Lipinski definition) is 5. The van der Waals surface area contributed by atoms with E-state index in [1.54, 1.807) is 13.0 Å². The second kappa shape index (κ2) is 6.75. The summed E-state index contributed by atoms with van der Waals surface area (Å²) in [6, 6.07) is 1.57. The number of halogens is 1. The van der Waals surface area contributed by atoms with E-state index in [0.29, 0.717) is 24.1 Å². The fourth-order valence-corrected chi connectivity index (χ4v) is 1.55. The van der Waals surface area contributed by atoms with Crippen LogP contribution in [0.2, 0.25) is 0 Å². The fraction of sp³-hybridized carbons (Fsp3) is 0.400. The Bertz CT molecular complexity index is 441. The van der Waals surface area contributed by atoms with Crippen molar-refractivity contribution in [2.75, 3.05) is 5.73 Å². The minimum absolute atomic E-state index is 0. The Hall–Kier alpha value is -1.89. The first kappa shape index (κ1) is 16.1. The van der Waals surface area contributed by atoms with Crippen LogP contribution in [0.3, 0.4) is 0 Å². The molecule has 0 fully saturated rings. The summed E-state index contributed by atoms with van der Waals surface area (Å²) in [6.07, 6.45) is 0.909. The lowest BCUT2D eigenvalue weighted by Crippen LogP contribution is -2.04. The van der Waals surface area contributed by atoms with Crippen molar-refractivity contribution in [3.8, 4) is 0 Å². The first-order chi connectivity index (χ1) is 7.91. The summed E-state index contributed by atoms with van der Waals surface area (Å²) in [7, 11) is 0. The number of anilines is 1. The van der Waals surface area contributed by atoms with Gasteiger partial charge in [-0.1, -0.05) is 0 Å². The number of hydrogen-bond donors (Lipinski definition) is 2. The zero-order valence-electron chi connectivity index (χ0n) is 9.75. The second-order valence-electron chi connectivity index (χ2n) is 3.67. The Balaban J connectivity index is 0.00000289. The van der Waals surface area contributed by atoms with E-state index in [1.165, 1.54) is 0 Å². The predicted molar refractivity (Wildman–Crippen MR) is 67.9 cm³/mol. The van der Waals surface area contributed by atoms with Crippen LogP contribution >= 0.6 is 12.4 Å². The van der Waals surface area contributed by atoms with Gasteiger partial charge in [0.2, 0.25) is 5.82 Å². The summed E-state index contributed by atoms with van der Waals surface area (Å²) in [5.74, 6) is -1.00. The van der Waals surface area contributed by atoms with Crippen molar-refractivity contribution in [3.63, 3.8) is 0 Å². The number of carboxylic acids is 1. The van der Waals surface area contributed by atoms with Crippen LogP contribution in [0.1, 0.15) is 24.1 Å². The average molecular weight is 276 g/mol. The summed E-state index contributed by atoms with van der Waals surface area (Å²) in [6.45, 7) is 1.58. The Kier molecular flexibility index (Phi) is 6.04. The van der Waals surface area contributed by atoms with Gasteiger partial charge in [-0.25, -0.2) is 4.98 Å². The number of aromatic nitrogens is 1. The van der Waals surface area contributed by atoms with Crippen molar-refractivity contribution in [2.45, 2.75) is 26.2 Å². The third-order valence-electron chi connectivity index (χ3n) is 2.27. The predicted octanol–water partition coefficient (Wildman–Crippen LogP) is 1.71. The molecule has 1 aromatic rings. The Labute approximate surface area is 110 Å². The maximum atomic E-state index is 10.7. The van der Waals surface area contributed by atoms with Crippen molar-refractivity contribution in [1.82, 2.24) is 4.98 Å². The largest absolute Gasteiger partial charge is 0.481 e. The molecule has 0 aliphatic rings. The highest BCUT2D eigenvalue weighted by atomic mass is 35.5. The highest BCUT2D eigenvalue weighted by Crippen LogP contribution is 2.24. The Morgan fingerprint density at radius 3 is 2.67 bits per heavy atom. The Morgan fingerprint density at radius 2 is 2.22 bits per heavy atom. The normalized spacial score (nSPS) is 9.61. The van der Waals surface area contributed by atoms with Crippen molar-refractivity contribution >= 4 is 29.9 Å². The van der Waals surface area contributed by atoms with Gasteiger partial charge in [0.15, 0.2) is 0 Å². The molecule has 7 nitrogen and oxygen atoms in total. The molecule has 100 valence electrons. The number of nitro groups is 1. The maximum Gasteiger partial charge on any atom is 0.314 e. The molecular weight excluding hydrogens is 262 g/mol. The highest BCUT2D eigenvalue weighted by Gasteiger charge is 2.17. The molecular formula is C10H14ClN3O4. The summed E-state index contributed by atoms with van der Waals surface area (Å²) in [5, 5.41) is 19.1. The number of aliphatic carboxylic acids is 1. The van der Waals surface area contributed by atoms with Crippen molar-refractivity contribution in [2.24, 2.45) is 0 Å². The standard InChI is InChI=1S/C10H13N3O4.ClH/c1-6-5-7(3-2-4-8(14)15)12-10(11)9(6)13(16)17;/h5H,2-4H2,1H3,(H2,11,12)(H,14,15);1H. The third-order valence-corrected chi connectivity index (χ3v) is 2.27. The molecule has 0 amide bonds. The van der Waals surface area contributed by atoms with E-state index in [9.17, 15) is 14.9 Å². The molecule has 0 unspecified atom stereocenters. The molecule has 0 aromatic carbocycles. The summed E-state index contributed by atoms with van der Waals surface area (Å²) in [5.41, 5.74) is 6.31. The molecule has 1 aromatic heterocycles. The van der Waals surface area contributed by atoms with Crippen LogP contribution in [0.15, 0.2) is 6.07 Å². The second-order valence-corrected chi connectivity index (χ2v) is 3.67. The van der Waals surface area contributed by atoms with E-state index in [2.05, 4.69) is 4.98 Å². The van der Waals surface area contributed by atoms with Gasteiger partial charge >= 0.3 is 11.7 Å². The van der Waals surface area contributed by atoms with E-state index in [1.807, 2.05) is 0 Å². The minimum atomic E-state index is -0.878. The summed E-state index contributed by atoms with van der Waals surface area (Å²) in [4.78, 5) is 24.3. The van der Waals surface area contributed by atoms with E-state index < -0.39 is 10.9 Å². The van der Waals surface area contributed by atoms with Crippen LogP contribution in [0, 0.1) is 17.0 Å². The van der Waals surface area contributed by atoms with E-state index in [0.717, 1.165) is 0 Å². The van der Waals surface area contributed by atoms with Gasteiger partial charge in [-0.3, -0.25) is 14.9 Å². The number of aryl methyl sites for hydroxylation is 2. The zero-order chi connectivity index (χ0) is 13.0. The summed E-state index contributed by atoms with van der Waals surface area (Å²) >= 11 is 0. The molecule has 8 heteroatoms. The molecule has 1 rings (SSSR count). The number of pyridine rings is 1. The van der Waals surface area contributed by atoms with Crippen LogP contribution in [-0.4, -0.2) is 21.0 Å². The molecule has 18 heavy (non-hydrogen) atoms. The highest BCUT2D eigenvalue weighted by molar-refractivity contribution is 5.85. The monoisotopic (exact) mass is 275 g/mol. The lowest BCUT2D eigenvalue weighted by Gasteiger charge is -2.04. The quantitative estimate of drug-likeness (QED) is 0.623. The van der Waals surface area contributed by atoms with E-state index >= 15 is 0 Å². The Morgan fingerprint density at radius 1 is 1.61 bits per heavy atom. The minimum Gasteiger partial charge on any atom is -0.481 e. The van der Waals surface area contributed by atoms with Gasteiger partial charge < -0.3 is 10.8 Å². The first-order valence-electron chi connectivity index (χ1n) is 5.04. The number of carboxylic acid groups (broad SMARTS) is 1. The molecule has 0 radical (unpaired) electrons. The molecule has 1 heterocycles. The molecule has 0 saturated heterocycles. The summed E-state index contributed by atoms with van der Waals surface area (Å²) < 4.78 is 0. The maximum absolute atomic E-state index is 10.7. The molecule has 0 spiro atoms. The zero-order valence-corrected chi connectivity index (χ0v) is 10.6. The molecule has 0 saturated carbocycles. The van der Waals surface area contributed by atoms with Crippen molar-refractivity contribution in [1.29, 1.82) is 0 Å². The van der Waals surface area contributed by atoms with Gasteiger partial charge in [0.05, 0.1) is 4.92 Å². The van der Waals surface area contributed by atoms with Crippen LogP contribution in [0.5, 0.6) is 0 Å². The molecule has 0 aliphatic carbocycles. The van der Waals surface area contributed by atoms with Crippen LogP contribution in [0.25, 0.3) is 0 Å². The third kappa shape index (κ3) is 4.17. The molecule has 3 N–H and O–H groups in total. The van der Waals surface area contributed by atoms with E-state index in [4.69, 9.17) is 10.8 Å². The lowest BCUT2D eigenvalue weighted by molar-refractivity contribution is -0.384. The smallest absolute Gasteiger partial charge is 0.314 e. The van der Waals surface area contributed by atoms with Gasteiger partial charge in [0.25, 0.3) is 0 Å². The topological polar surface area (TPSA) is 119 Å².